The van der Waals surface area contributed by atoms with Crippen LogP contribution in [0.25, 0.3) is 0 Å². The number of ketones is 1. The molecule has 0 saturated heterocycles. The van der Waals surface area contributed by atoms with Gasteiger partial charge in [-0.1, -0.05) is 19.9 Å². The highest BCUT2D eigenvalue weighted by Crippen LogP contribution is 2.66. The standard InChI is InChI=1S/C21H32O3/c1-4-14-17(22)10-16-13-6-5-12-9-18(23)19(24)11-21(12,3)15(13)7-8-20(14,16)2/h4,12-13,15-16,18-19,23-24H,5-11H2,1-3H3/t12-,13+,15-,16-,18+,19+,20+,21-/m0/s1. The van der Waals surface area contributed by atoms with E-state index in [1.54, 1.807) is 0 Å². The third-order valence-corrected chi connectivity index (χ3v) is 8.68. The van der Waals surface area contributed by atoms with Crippen LogP contribution in [0.2, 0.25) is 0 Å². The van der Waals surface area contributed by atoms with E-state index in [-0.39, 0.29) is 10.8 Å². The van der Waals surface area contributed by atoms with Gasteiger partial charge >= 0.3 is 0 Å². The van der Waals surface area contributed by atoms with Gasteiger partial charge in [-0.25, -0.2) is 0 Å². The van der Waals surface area contributed by atoms with Gasteiger partial charge in [0, 0.05) is 6.42 Å². The van der Waals surface area contributed by atoms with Crippen LogP contribution in [0, 0.1) is 34.5 Å². The molecule has 8 atom stereocenters. The van der Waals surface area contributed by atoms with E-state index >= 15 is 0 Å². The Morgan fingerprint density at radius 3 is 2.54 bits per heavy atom. The van der Waals surface area contributed by atoms with Crippen LogP contribution in [0.3, 0.4) is 0 Å². The number of carbonyl (C=O) groups is 1. The largest absolute Gasteiger partial charge is 0.390 e. The number of allylic oxidation sites excluding steroid dienone is 2. The fourth-order valence-corrected chi connectivity index (χ4v) is 7.43. The first-order valence-corrected chi connectivity index (χ1v) is 9.87. The summed E-state index contributed by atoms with van der Waals surface area (Å²) in [6.07, 6.45) is 7.76. The lowest BCUT2D eigenvalue weighted by Crippen LogP contribution is -2.56. The second-order valence-corrected chi connectivity index (χ2v) is 9.52. The molecule has 0 unspecified atom stereocenters. The molecule has 0 aromatic carbocycles. The average Bonchev–Trinajstić information content (AvgIpc) is 2.78. The molecule has 3 heteroatoms. The van der Waals surface area contributed by atoms with Gasteiger partial charge in [-0.15, -0.1) is 0 Å². The van der Waals surface area contributed by atoms with Gasteiger partial charge < -0.3 is 10.2 Å². The fraction of sp³-hybridized carbons (Fsp3) is 0.857. The van der Waals surface area contributed by atoms with Gasteiger partial charge in [0.15, 0.2) is 5.78 Å². The van der Waals surface area contributed by atoms with Crippen molar-refractivity contribution >= 4 is 5.78 Å². The van der Waals surface area contributed by atoms with E-state index in [4.69, 9.17) is 0 Å². The quantitative estimate of drug-likeness (QED) is 0.668. The molecule has 2 N–H and O–H groups in total. The summed E-state index contributed by atoms with van der Waals surface area (Å²) in [6, 6.07) is 0. The minimum Gasteiger partial charge on any atom is -0.390 e. The van der Waals surface area contributed by atoms with Gasteiger partial charge in [0.1, 0.15) is 0 Å². The van der Waals surface area contributed by atoms with Crippen LogP contribution in [0.5, 0.6) is 0 Å². The first kappa shape index (κ1) is 16.8. The van der Waals surface area contributed by atoms with Crippen molar-refractivity contribution in [2.45, 2.75) is 77.9 Å². The van der Waals surface area contributed by atoms with Gasteiger partial charge in [-0.05, 0) is 85.5 Å². The first-order valence-electron chi connectivity index (χ1n) is 9.87. The molecule has 4 rings (SSSR count). The summed E-state index contributed by atoms with van der Waals surface area (Å²) in [5, 5.41) is 20.4. The Hall–Kier alpha value is -0.670. The number of carbonyl (C=O) groups excluding carboxylic acids is 1. The summed E-state index contributed by atoms with van der Waals surface area (Å²) >= 11 is 0. The van der Waals surface area contributed by atoms with Crippen molar-refractivity contribution in [3.8, 4) is 0 Å². The Bertz CT molecular complexity index is 582. The second-order valence-electron chi connectivity index (χ2n) is 9.52. The second kappa shape index (κ2) is 5.41. The first-order chi connectivity index (χ1) is 11.3. The van der Waals surface area contributed by atoms with Crippen molar-refractivity contribution in [2.75, 3.05) is 0 Å². The highest BCUT2D eigenvalue weighted by molar-refractivity contribution is 5.99. The smallest absolute Gasteiger partial charge is 0.159 e. The van der Waals surface area contributed by atoms with Gasteiger partial charge in [-0.3, -0.25) is 4.79 Å². The lowest BCUT2D eigenvalue weighted by atomic mass is 9.45. The predicted molar refractivity (Wildman–Crippen MR) is 93.3 cm³/mol. The Kier molecular flexibility index (Phi) is 3.78. The van der Waals surface area contributed by atoms with Crippen LogP contribution in [-0.4, -0.2) is 28.2 Å². The number of aliphatic hydroxyl groups is 2. The summed E-state index contributed by atoms with van der Waals surface area (Å²) < 4.78 is 0. The normalized spacial score (nSPS) is 55.9. The lowest BCUT2D eigenvalue weighted by Gasteiger charge is -2.60. The van der Waals surface area contributed by atoms with Crippen LogP contribution in [0.4, 0.5) is 0 Å². The van der Waals surface area contributed by atoms with Crippen LogP contribution >= 0.6 is 0 Å². The maximum atomic E-state index is 12.6. The highest BCUT2D eigenvalue weighted by Gasteiger charge is 2.61. The monoisotopic (exact) mass is 332 g/mol. The summed E-state index contributed by atoms with van der Waals surface area (Å²) in [6.45, 7) is 6.70. The average molecular weight is 332 g/mol. The Morgan fingerprint density at radius 1 is 1.08 bits per heavy atom. The lowest BCUT2D eigenvalue weighted by molar-refractivity contribution is -0.153. The molecule has 3 nitrogen and oxygen atoms in total. The van der Waals surface area contributed by atoms with Gasteiger partial charge in [0.25, 0.3) is 0 Å². The SMILES string of the molecule is CC=C1C(=O)C[C@H]2[C@@H]3CC[C@H]4C[C@@H](O)[C@H](O)C[C@]4(C)[C@H]3CC[C@]12C. The molecule has 0 heterocycles. The Balaban J connectivity index is 1.67. The zero-order chi connectivity index (χ0) is 17.3. The van der Waals surface area contributed by atoms with Crippen molar-refractivity contribution in [1.29, 1.82) is 0 Å². The van der Waals surface area contributed by atoms with E-state index in [1.807, 2.05) is 6.92 Å². The molecular weight excluding hydrogens is 300 g/mol. The minimum absolute atomic E-state index is 0.0724. The number of rotatable bonds is 0. The Morgan fingerprint density at radius 2 is 1.83 bits per heavy atom. The topological polar surface area (TPSA) is 57.5 Å². The number of hydrogen-bond acceptors (Lipinski definition) is 3. The van der Waals surface area contributed by atoms with Crippen molar-refractivity contribution in [2.24, 2.45) is 34.5 Å². The zero-order valence-electron chi connectivity index (χ0n) is 15.3. The van der Waals surface area contributed by atoms with Crippen molar-refractivity contribution in [3.63, 3.8) is 0 Å². The van der Waals surface area contributed by atoms with Gasteiger partial charge in [0.2, 0.25) is 0 Å². The van der Waals surface area contributed by atoms with Crippen LogP contribution in [-0.2, 0) is 4.79 Å². The van der Waals surface area contributed by atoms with Crippen LogP contribution < -0.4 is 0 Å². The molecule has 4 saturated carbocycles. The molecule has 4 aliphatic carbocycles. The predicted octanol–water partition coefficient (Wildman–Crippen LogP) is 3.49. The summed E-state index contributed by atoms with van der Waals surface area (Å²) in [5.41, 5.74) is 1.28. The third-order valence-electron chi connectivity index (χ3n) is 8.68. The molecule has 134 valence electrons. The number of hydrogen-bond donors (Lipinski definition) is 2. The maximum absolute atomic E-state index is 12.6. The molecule has 4 fully saturated rings. The molecule has 0 amide bonds. The van der Waals surface area contributed by atoms with Crippen molar-refractivity contribution in [3.05, 3.63) is 11.6 Å². The Labute approximate surface area is 145 Å². The zero-order valence-corrected chi connectivity index (χ0v) is 15.3. The summed E-state index contributed by atoms with van der Waals surface area (Å²) in [5.74, 6) is 2.59. The van der Waals surface area contributed by atoms with E-state index in [2.05, 4.69) is 19.9 Å². The molecular formula is C21H32O3. The minimum atomic E-state index is -0.574. The van der Waals surface area contributed by atoms with E-state index < -0.39 is 12.2 Å². The fourth-order valence-electron chi connectivity index (χ4n) is 7.43. The van der Waals surface area contributed by atoms with E-state index in [1.165, 1.54) is 6.42 Å². The highest BCUT2D eigenvalue weighted by atomic mass is 16.3. The summed E-state index contributed by atoms with van der Waals surface area (Å²) in [4.78, 5) is 12.6. The third kappa shape index (κ3) is 2.07. The molecule has 0 aliphatic heterocycles. The van der Waals surface area contributed by atoms with E-state index in [0.29, 0.717) is 29.5 Å². The van der Waals surface area contributed by atoms with Crippen LogP contribution in [0.1, 0.15) is 65.7 Å². The summed E-state index contributed by atoms with van der Waals surface area (Å²) in [7, 11) is 0. The number of fused-ring (bicyclic) bond motifs is 5. The van der Waals surface area contributed by atoms with E-state index in [9.17, 15) is 15.0 Å². The number of Topliss-reactive ketones (excluding diaryl/α,β-unsaturated/α-hetero) is 1. The molecule has 0 bridgehead atoms. The van der Waals surface area contributed by atoms with Crippen LogP contribution in [0.15, 0.2) is 11.6 Å². The number of aliphatic hydroxyl groups excluding tert-OH is 2. The van der Waals surface area contributed by atoms with Crippen molar-refractivity contribution < 1.29 is 15.0 Å². The van der Waals surface area contributed by atoms with Gasteiger partial charge in [-0.2, -0.15) is 0 Å². The van der Waals surface area contributed by atoms with E-state index in [0.717, 1.165) is 44.1 Å². The molecule has 0 spiro atoms. The molecule has 4 aliphatic rings. The maximum Gasteiger partial charge on any atom is 0.159 e. The van der Waals surface area contributed by atoms with Crippen molar-refractivity contribution in [1.82, 2.24) is 0 Å². The molecule has 24 heavy (non-hydrogen) atoms. The van der Waals surface area contributed by atoms with Gasteiger partial charge in [0.05, 0.1) is 12.2 Å². The molecule has 0 aromatic rings. The molecule has 0 aromatic heterocycles. The molecule has 0 radical (unpaired) electrons.